The van der Waals surface area contributed by atoms with Crippen LogP contribution in [-0.2, 0) is 11.3 Å². The number of thioether (sulfide) groups is 1. The van der Waals surface area contributed by atoms with Gasteiger partial charge in [0.15, 0.2) is 0 Å². The number of piperidine rings is 1. The molecule has 2 amide bonds. The molecule has 1 saturated heterocycles. The van der Waals surface area contributed by atoms with Crippen molar-refractivity contribution in [3.8, 4) is 0 Å². The molecular formula is C34H39N3O2S. The van der Waals surface area contributed by atoms with Gasteiger partial charge in [0.1, 0.15) is 0 Å². The van der Waals surface area contributed by atoms with Gasteiger partial charge < -0.3 is 15.1 Å². The maximum Gasteiger partial charge on any atom is 0.265 e. The van der Waals surface area contributed by atoms with Gasteiger partial charge in [0, 0.05) is 30.1 Å². The molecule has 0 spiro atoms. The summed E-state index contributed by atoms with van der Waals surface area (Å²) in [5.74, 6) is 1.33. The fraction of sp³-hybridized carbons (Fsp3) is 0.353. The molecule has 5 rings (SSSR count). The van der Waals surface area contributed by atoms with E-state index in [0.717, 1.165) is 65.2 Å². The molecule has 0 radical (unpaired) electrons. The number of hydrogen-bond acceptors (Lipinski definition) is 4. The molecule has 0 saturated carbocycles. The van der Waals surface area contributed by atoms with Crippen LogP contribution in [0, 0.1) is 18.8 Å². The average molecular weight is 554 g/mol. The monoisotopic (exact) mass is 553 g/mol. The maximum atomic E-state index is 13.8. The minimum absolute atomic E-state index is 0.0506. The SMILES string of the molecule is Cc1cccc(CN2C(=O)/C(=C/c3ccccc3)Sc3ccc(C(=O)NCCCN4C[C@@H](C)C[C@H](C)C4)cc32)c1. The van der Waals surface area contributed by atoms with Crippen LogP contribution in [0.1, 0.15) is 53.7 Å². The van der Waals surface area contributed by atoms with E-state index in [1.807, 2.05) is 71.6 Å². The largest absolute Gasteiger partial charge is 0.352 e. The van der Waals surface area contributed by atoms with Crippen molar-refractivity contribution in [1.82, 2.24) is 10.2 Å². The lowest BCUT2D eigenvalue weighted by Gasteiger charge is -2.34. The standard InChI is InChI=1S/C34H39N3O2S/c1-24-9-7-12-28(18-24)23-37-30-20-29(33(38)35-15-8-16-36-21-25(2)17-26(3)22-36)13-14-31(30)40-32(34(37)39)19-27-10-5-4-6-11-27/h4-7,9-14,18-20,25-26H,8,15-17,21-23H2,1-3H3,(H,35,38)/b32-19-/t25-,26-/m0/s1. The van der Waals surface area contributed by atoms with Crippen molar-refractivity contribution in [2.45, 2.75) is 45.1 Å². The minimum atomic E-state index is -0.0956. The van der Waals surface area contributed by atoms with Crippen molar-refractivity contribution < 1.29 is 9.59 Å². The number of likely N-dealkylation sites (tertiary alicyclic amines) is 1. The Morgan fingerprint density at radius 2 is 1.77 bits per heavy atom. The number of hydrogen-bond donors (Lipinski definition) is 1. The van der Waals surface area contributed by atoms with E-state index in [9.17, 15) is 9.59 Å². The fourth-order valence-corrected chi connectivity index (χ4v) is 6.92. The predicted molar refractivity (Wildman–Crippen MR) is 165 cm³/mol. The normalized spacial score (nSPS) is 20.4. The minimum Gasteiger partial charge on any atom is -0.352 e. The summed E-state index contributed by atoms with van der Waals surface area (Å²) in [6.45, 7) is 11.1. The van der Waals surface area contributed by atoms with Gasteiger partial charge in [-0.1, -0.05) is 85.8 Å². The highest BCUT2D eigenvalue weighted by Gasteiger charge is 2.30. The Morgan fingerprint density at radius 3 is 2.52 bits per heavy atom. The highest BCUT2D eigenvalue weighted by molar-refractivity contribution is 8.04. The van der Waals surface area contributed by atoms with Crippen molar-refractivity contribution >= 4 is 35.3 Å². The summed E-state index contributed by atoms with van der Waals surface area (Å²) in [5, 5.41) is 3.11. The number of nitrogens with one attached hydrogen (secondary N) is 1. The number of fused-ring (bicyclic) bond motifs is 1. The molecule has 6 heteroatoms. The van der Waals surface area contributed by atoms with Crippen LogP contribution in [0.5, 0.6) is 0 Å². The van der Waals surface area contributed by atoms with Crippen LogP contribution >= 0.6 is 11.8 Å². The molecule has 2 aliphatic rings. The zero-order chi connectivity index (χ0) is 28.1. The quantitative estimate of drug-likeness (QED) is 0.247. The summed E-state index contributed by atoms with van der Waals surface area (Å²) in [7, 11) is 0. The topological polar surface area (TPSA) is 52.7 Å². The smallest absolute Gasteiger partial charge is 0.265 e. The van der Waals surface area contributed by atoms with Gasteiger partial charge in [-0.05, 0) is 73.5 Å². The van der Waals surface area contributed by atoms with Crippen molar-refractivity contribution in [3.05, 3.63) is 100.0 Å². The van der Waals surface area contributed by atoms with Gasteiger partial charge >= 0.3 is 0 Å². The molecular weight excluding hydrogens is 514 g/mol. The highest BCUT2D eigenvalue weighted by Crippen LogP contribution is 2.43. The Balaban J connectivity index is 1.32. The van der Waals surface area contributed by atoms with Crippen LogP contribution in [0.25, 0.3) is 6.08 Å². The van der Waals surface area contributed by atoms with Gasteiger partial charge in [-0.2, -0.15) is 0 Å². The van der Waals surface area contributed by atoms with E-state index in [4.69, 9.17) is 0 Å². The van der Waals surface area contributed by atoms with E-state index in [-0.39, 0.29) is 11.8 Å². The molecule has 0 bridgehead atoms. The summed E-state index contributed by atoms with van der Waals surface area (Å²) in [6, 6.07) is 23.9. The number of rotatable bonds is 8. The van der Waals surface area contributed by atoms with Crippen LogP contribution in [0.3, 0.4) is 0 Å². The van der Waals surface area contributed by atoms with Crippen LogP contribution < -0.4 is 10.2 Å². The number of amides is 2. The molecule has 1 N–H and O–H groups in total. The summed E-state index contributed by atoms with van der Waals surface area (Å²) < 4.78 is 0. The summed E-state index contributed by atoms with van der Waals surface area (Å²) in [4.78, 5) is 32.9. The zero-order valence-corrected chi connectivity index (χ0v) is 24.5. The van der Waals surface area contributed by atoms with Gasteiger partial charge in [0.25, 0.3) is 11.8 Å². The number of carbonyl (C=O) groups excluding carboxylic acids is 2. The first-order valence-electron chi connectivity index (χ1n) is 14.3. The first-order valence-corrected chi connectivity index (χ1v) is 15.1. The van der Waals surface area contributed by atoms with Crippen LogP contribution in [0.15, 0.2) is 82.6 Å². The third-order valence-corrected chi connectivity index (χ3v) is 8.67. The van der Waals surface area contributed by atoms with E-state index in [1.165, 1.54) is 18.2 Å². The summed E-state index contributed by atoms with van der Waals surface area (Å²) in [6.07, 6.45) is 4.18. The lowest BCUT2D eigenvalue weighted by atomic mass is 9.92. The molecule has 40 heavy (non-hydrogen) atoms. The first kappa shape index (κ1) is 28.2. The molecule has 2 aliphatic heterocycles. The molecule has 3 aromatic carbocycles. The van der Waals surface area contributed by atoms with E-state index in [1.54, 1.807) is 0 Å². The van der Waals surface area contributed by atoms with E-state index in [0.29, 0.717) is 23.6 Å². The van der Waals surface area contributed by atoms with Gasteiger partial charge in [0.2, 0.25) is 0 Å². The molecule has 2 heterocycles. The van der Waals surface area contributed by atoms with Gasteiger partial charge in [-0.3, -0.25) is 9.59 Å². The van der Waals surface area contributed by atoms with Crippen molar-refractivity contribution in [2.75, 3.05) is 31.1 Å². The molecule has 0 aromatic heterocycles. The molecule has 0 unspecified atom stereocenters. The Bertz CT molecular complexity index is 1380. The Morgan fingerprint density at radius 1 is 1.00 bits per heavy atom. The van der Waals surface area contributed by atoms with Crippen LogP contribution in [-0.4, -0.2) is 42.9 Å². The molecule has 1 fully saturated rings. The number of aryl methyl sites for hydroxylation is 1. The average Bonchev–Trinajstić information content (AvgIpc) is 2.93. The highest BCUT2D eigenvalue weighted by atomic mass is 32.2. The van der Waals surface area contributed by atoms with Crippen LogP contribution in [0.2, 0.25) is 0 Å². The number of carbonyl (C=O) groups is 2. The lowest BCUT2D eigenvalue weighted by molar-refractivity contribution is -0.114. The summed E-state index contributed by atoms with van der Waals surface area (Å²) >= 11 is 1.47. The molecule has 208 valence electrons. The van der Waals surface area contributed by atoms with Crippen molar-refractivity contribution in [3.63, 3.8) is 0 Å². The number of benzene rings is 3. The molecule has 3 aromatic rings. The van der Waals surface area contributed by atoms with Gasteiger partial charge in [-0.25, -0.2) is 0 Å². The van der Waals surface area contributed by atoms with Crippen molar-refractivity contribution in [2.24, 2.45) is 11.8 Å². The van der Waals surface area contributed by atoms with Gasteiger partial charge in [-0.15, -0.1) is 0 Å². The number of nitrogens with zero attached hydrogens (tertiary/aromatic N) is 2. The first-order chi connectivity index (χ1) is 19.4. The lowest BCUT2D eigenvalue weighted by Crippen LogP contribution is -2.40. The van der Waals surface area contributed by atoms with E-state index >= 15 is 0 Å². The Hall–Kier alpha value is -3.35. The number of anilines is 1. The summed E-state index contributed by atoms with van der Waals surface area (Å²) in [5.41, 5.74) is 4.56. The van der Waals surface area contributed by atoms with Gasteiger partial charge in [0.05, 0.1) is 17.1 Å². The fourth-order valence-electron chi connectivity index (χ4n) is 5.88. The second kappa shape index (κ2) is 12.9. The Labute approximate surface area is 242 Å². The Kier molecular flexibility index (Phi) is 9.08. The third kappa shape index (κ3) is 7.04. The van der Waals surface area contributed by atoms with E-state index in [2.05, 4.69) is 43.1 Å². The molecule has 0 aliphatic carbocycles. The third-order valence-electron chi connectivity index (χ3n) is 7.59. The second-order valence-corrected chi connectivity index (χ2v) is 12.5. The predicted octanol–water partition coefficient (Wildman–Crippen LogP) is 6.77. The van der Waals surface area contributed by atoms with Crippen LogP contribution in [0.4, 0.5) is 5.69 Å². The molecule has 5 nitrogen and oxygen atoms in total. The second-order valence-electron chi connectivity index (χ2n) is 11.4. The van der Waals surface area contributed by atoms with Crippen molar-refractivity contribution in [1.29, 1.82) is 0 Å². The molecule has 2 atom stereocenters. The zero-order valence-electron chi connectivity index (χ0n) is 23.7. The van der Waals surface area contributed by atoms with E-state index < -0.39 is 0 Å². The maximum absolute atomic E-state index is 13.8.